The topological polar surface area (TPSA) is 79.9 Å². The number of carbonyl (C=O) groups excluding carboxylic acids is 1. The van der Waals surface area contributed by atoms with Crippen molar-refractivity contribution in [3.63, 3.8) is 0 Å². The monoisotopic (exact) mass is 326 g/mol. The fraction of sp³-hybridized carbons (Fsp3) is 0.188. The fourth-order valence-corrected chi connectivity index (χ4v) is 3.62. The Labute approximate surface area is 136 Å². The number of carbonyl (C=O) groups is 1. The third kappa shape index (κ3) is 2.39. The lowest BCUT2D eigenvalue weighted by atomic mass is 10.0. The molecule has 0 saturated carbocycles. The number of thiazole rings is 1. The number of aromatic amines is 1. The molecule has 0 aliphatic carbocycles. The summed E-state index contributed by atoms with van der Waals surface area (Å²) in [5.41, 5.74) is 3.81. The van der Waals surface area contributed by atoms with Gasteiger partial charge in [-0.2, -0.15) is 5.10 Å². The molecule has 0 bridgehead atoms. The quantitative estimate of drug-likeness (QED) is 0.758. The molecule has 2 N–H and O–H groups in total. The predicted octanol–water partition coefficient (Wildman–Crippen LogP) is 2.49. The molecule has 6 nitrogen and oxygen atoms in total. The molecule has 1 aromatic carbocycles. The molecule has 1 aliphatic rings. The molecule has 0 fully saturated rings. The van der Waals surface area contributed by atoms with E-state index in [1.807, 2.05) is 24.4 Å². The van der Waals surface area contributed by atoms with Gasteiger partial charge in [-0.1, -0.05) is 6.07 Å². The maximum atomic E-state index is 11.8. The highest BCUT2D eigenvalue weighted by Crippen LogP contribution is 2.39. The van der Waals surface area contributed by atoms with Gasteiger partial charge in [-0.3, -0.25) is 9.89 Å². The van der Waals surface area contributed by atoms with E-state index in [9.17, 15) is 4.79 Å². The minimum absolute atomic E-state index is 0.152. The standard InChI is InChI=1S/C16H14N4O2S/c1-17-15(21)16-20-14-11-3-2-9(10-7-18-19-8-10)6-12(11)22-5-4-13(14)23-16/h2-3,6-8H,4-5H2,1H3,(H,17,21)(H,18,19). The molecule has 0 spiro atoms. The first-order valence-electron chi connectivity index (χ1n) is 7.24. The van der Waals surface area contributed by atoms with E-state index < -0.39 is 0 Å². The van der Waals surface area contributed by atoms with Crippen LogP contribution in [0.15, 0.2) is 30.6 Å². The van der Waals surface area contributed by atoms with Gasteiger partial charge in [-0.05, 0) is 17.7 Å². The summed E-state index contributed by atoms with van der Waals surface area (Å²) in [6, 6.07) is 6.00. The third-order valence-corrected chi connectivity index (χ3v) is 4.89. The van der Waals surface area contributed by atoms with Crippen molar-refractivity contribution in [2.24, 2.45) is 0 Å². The van der Waals surface area contributed by atoms with Gasteiger partial charge < -0.3 is 10.1 Å². The third-order valence-electron chi connectivity index (χ3n) is 3.77. The molecule has 7 heteroatoms. The maximum absolute atomic E-state index is 11.8. The summed E-state index contributed by atoms with van der Waals surface area (Å²) < 4.78 is 5.89. The Kier molecular flexibility index (Phi) is 3.34. The number of amides is 1. The van der Waals surface area contributed by atoms with Crippen LogP contribution >= 0.6 is 11.3 Å². The van der Waals surface area contributed by atoms with E-state index in [1.54, 1.807) is 13.2 Å². The first-order valence-corrected chi connectivity index (χ1v) is 8.06. The second-order valence-corrected chi connectivity index (χ2v) is 6.25. The summed E-state index contributed by atoms with van der Waals surface area (Å²) in [5, 5.41) is 9.90. The van der Waals surface area contributed by atoms with Crippen LogP contribution in [0.25, 0.3) is 22.4 Å². The van der Waals surface area contributed by atoms with Crippen LogP contribution in [-0.4, -0.2) is 34.7 Å². The summed E-state index contributed by atoms with van der Waals surface area (Å²) in [5.74, 6) is 0.636. The normalized spacial score (nSPS) is 12.7. The SMILES string of the molecule is CNC(=O)c1nc2c(s1)CCOc1cc(-c3cn[nH]c3)ccc1-2. The Morgan fingerprint density at radius 2 is 2.30 bits per heavy atom. The smallest absolute Gasteiger partial charge is 0.280 e. The minimum Gasteiger partial charge on any atom is -0.492 e. The number of ether oxygens (including phenoxy) is 1. The molecule has 1 aliphatic heterocycles. The van der Waals surface area contributed by atoms with Crippen molar-refractivity contribution in [1.82, 2.24) is 20.5 Å². The van der Waals surface area contributed by atoms with E-state index in [2.05, 4.69) is 20.5 Å². The number of nitrogens with one attached hydrogen (secondary N) is 2. The minimum atomic E-state index is -0.152. The van der Waals surface area contributed by atoms with Gasteiger partial charge in [0.25, 0.3) is 5.91 Å². The molecule has 1 amide bonds. The van der Waals surface area contributed by atoms with Crippen LogP contribution in [0.5, 0.6) is 5.75 Å². The highest BCUT2D eigenvalue weighted by atomic mass is 32.1. The highest BCUT2D eigenvalue weighted by Gasteiger charge is 2.22. The molecule has 3 aromatic rings. The van der Waals surface area contributed by atoms with Crippen LogP contribution in [0.4, 0.5) is 0 Å². The Morgan fingerprint density at radius 3 is 3.09 bits per heavy atom. The molecule has 116 valence electrons. The molecule has 0 unspecified atom stereocenters. The Hall–Kier alpha value is -2.67. The van der Waals surface area contributed by atoms with Crippen LogP contribution in [-0.2, 0) is 6.42 Å². The zero-order chi connectivity index (χ0) is 15.8. The largest absolute Gasteiger partial charge is 0.492 e. The van der Waals surface area contributed by atoms with Crippen LogP contribution in [0.1, 0.15) is 14.7 Å². The maximum Gasteiger partial charge on any atom is 0.280 e. The number of hydrogen-bond donors (Lipinski definition) is 2. The Balaban J connectivity index is 1.81. The van der Waals surface area contributed by atoms with Gasteiger partial charge in [0.15, 0.2) is 5.01 Å². The Morgan fingerprint density at radius 1 is 1.39 bits per heavy atom. The zero-order valence-electron chi connectivity index (χ0n) is 12.4. The molecule has 0 saturated heterocycles. The molecule has 3 heterocycles. The average Bonchev–Trinajstić information content (AvgIpc) is 3.21. The summed E-state index contributed by atoms with van der Waals surface area (Å²) in [7, 11) is 1.61. The van der Waals surface area contributed by atoms with Crippen molar-refractivity contribution < 1.29 is 9.53 Å². The number of rotatable bonds is 2. The van der Waals surface area contributed by atoms with E-state index in [-0.39, 0.29) is 5.91 Å². The van der Waals surface area contributed by atoms with Gasteiger partial charge in [0.05, 0.1) is 18.5 Å². The predicted molar refractivity (Wildman–Crippen MR) is 87.7 cm³/mol. The lowest BCUT2D eigenvalue weighted by Gasteiger charge is -2.08. The van der Waals surface area contributed by atoms with E-state index in [1.165, 1.54) is 11.3 Å². The van der Waals surface area contributed by atoms with Crippen LogP contribution in [0.3, 0.4) is 0 Å². The van der Waals surface area contributed by atoms with Crippen molar-refractivity contribution in [1.29, 1.82) is 0 Å². The molecular formula is C16H14N4O2S. The summed E-state index contributed by atoms with van der Waals surface area (Å²) in [6.45, 7) is 0.574. The van der Waals surface area contributed by atoms with Gasteiger partial charge in [-0.15, -0.1) is 11.3 Å². The zero-order valence-corrected chi connectivity index (χ0v) is 13.2. The van der Waals surface area contributed by atoms with Gasteiger partial charge in [0.2, 0.25) is 0 Å². The number of H-pyrrole nitrogens is 1. The molecular weight excluding hydrogens is 312 g/mol. The van der Waals surface area contributed by atoms with Crippen LogP contribution in [0, 0.1) is 0 Å². The van der Waals surface area contributed by atoms with Gasteiger partial charge in [0.1, 0.15) is 5.75 Å². The van der Waals surface area contributed by atoms with E-state index in [0.29, 0.717) is 11.6 Å². The lowest BCUT2D eigenvalue weighted by Crippen LogP contribution is -2.17. The first-order chi connectivity index (χ1) is 11.3. The van der Waals surface area contributed by atoms with Crippen LogP contribution < -0.4 is 10.1 Å². The highest BCUT2D eigenvalue weighted by molar-refractivity contribution is 7.14. The molecule has 2 aromatic heterocycles. The summed E-state index contributed by atoms with van der Waals surface area (Å²) in [6.07, 6.45) is 4.37. The summed E-state index contributed by atoms with van der Waals surface area (Å²) in [4.78, 5) is 17.4. The fourth-order valence-electron chi connectivity index (χ4n) is 2.62. The number of hydrogen-bond acceptors (Lipinski definition) is 5. The summed E-state index contributed by atoms with van der Waals surface area (Å²) >= 11 is 1.43. The number of aromatic nitrogens is 3. The van der Waals surface area contributed by atoms with Gasteiger partial charge in [0, 0.05) is 35.7 Å². The second kappa shape index (κ2) is 5.51. The van der Waals surface area contributed by atoms with E-state index >= 15 is 0 Å². The van der Waals surface area contributed by atoms with Gasteiger partial charge >= 0.3 is 0 Å². The number of nitrogens with zero attached hydrogens (tertiary/aromatic N) is 2. The van der Waals surface area contributed by atoms with Gasteiger partial charge in [-0.25, -0.2) is 4.98 Å². The average molecular weight is 326 g/mol. The van der Waals surface area contributed by atoms with Crippen LogP contribution in [0.2, 0.25) is 0 Å². The molecule has 0 radical (unpaired) electrons. The van der Waals surface area contributed by atoms with Crippen molar-refractivity contribution in [3.05, 3.63) is 40.5 Å². The van der Waals surface area contributed by atoms with Crippen molar-refractivity contribution in [3.8, 4) is 28.1 Å². The van der Waals surface area contributed by atoms with Crippen molar-refractivity contribution in [2.75, 3.05) is 13.7 Å². The molecule has 4 rings (SSSR count). The van der Waals surface area contributed by atoms with E-state index in [0.717, 1.165) is 39.4 Å². The second-order valence-electron chi connectivity index (χ2n) is 5.17. The lowest BCUT2D eigenvalue weighted by molar-refractivity contribution is 0.0963. The number of benzene rings is 1. The van der Waals surface area contributed by atoms with E-state index in [4.69, 9.17) is 4.74 Å². The van der Waals surface area contributed by atoms with Crippen molar-refractivity contribution in [2.45, 2.75) is 6.42 Å². The number of fused-ring (bicyclic) bond motifs is 3. The molecule has 0 atom stereocenters. The Bertz CT molecular complexity index is 870. The molecule has 23 heavy (non-hydrogen) atoms. The first kappa shape index (κ1) is 14.0. The van der Waals surface area contributed by atoms with Crippen molar-refractivity contribution >= 4 is 17.2 Å².